The maximum absolute atomic E-state index is 10.9. The zero-order chi connectivity index (χ0) is 12.3. The average molecular weight is 240 g/mol. The van der Waals surface area contributed by atoms with Gasteiger partial charge in [0.25, 0.3) is 0 Å². The number of nitrogens with one attached hydrogen (secondary N) is 2. The van der Waals surface area contributed by atoms with Crippen LogP contribution in [0.3, 0.4) is 0 Å². The summed E-state index contributed by atoms with van der Waals surface area (Å²) in [4.78, 5) is 0. The normalized spacial score (nSPS) is 10.9. The van der Waals surface area contributed by atoms with Gasteiger partial charge in [0.2, 0.25) is 15.7 Å². The van der Waals surface area contributed by atoms with Gasteiger partial charge in [-0.05, 0) is 19.1 Å². The number of benzene rings is 1. The average Bonchev–Trinajstić information content (AvgIpc) is 2.17. The van der Waals surface area contributed by atoms with Crippen LogP contribution < -0.4 is 0 Å². The molecule has 16 heavy (non-hydrogen) atoms. The Morgan fingerprint density at radius 2 is 1.69 bits per heavy atom. The quantitative estimate of drug-likeness (QED) is 0.572. The molecular formula is C10H12N2O3S. The van der Waals surface area contributed by atoms with Gasteiger partial charge in [-0.25, -0.2) is 8.42 Å². The molecule has 0 fully saturated rings. The van der Waals surface area contributed by atoms with Crippen molar-refractivity contribution in [2.24, 2.45) is 0 Å². The Balaban J connectivity index is 2.82. The largest absolute Gasteiger partial charge is 0.412 e. The second kappa shape index (κ2) is 4.44. The van der Waals surface area contributed by atoms with E-state index in [0.717, 1.165) is 11.8 Å². The molecule has 0 aromatic heterocycles. The number of sulfone groups is 1. The first-order chi connectivity index (χ1) is 7.30. The highest BCUT2D eigenvalue weighted by Crippen LogP contribution is 2.05. The van der Waals surface area contributed by atoms with Crippen molar-refractivity contribution in [2.45, 2.75) is 6.92 Å². The predicted molar refractivity (Wildman–Crippen MR) is 61.7 cm³/mol. The fourth-order valence-electron chi connectivity index (χ4n) is 0.932. The molecule has 0 radical (unpaired) electrons. The van der Waals surface area contributed by atoms with Crippen molar-refractivity contribution in [2.75, 3.05) is 6.26 Å². The first-order valence-corrected chi connectivity index (χ1v) is 6.32. The van der Waals surface area contributed by atoms with Gasteiger partial charge >= 0.3 is 5.23 Å². The van der Waals surface area contributed by atoms with Gasteiger partial charge in [-0.2, -0.15) is 0 Å². The van der Waals surface area contributed by atoms with Crippen LogP contribution in [0.4, 0.5) is 0 Å². The van der Waals surface area contributed by atoms with E-state index in [9.17, 15) is 8.42 Å². The van der Waals surface area contributed by atoms with Gasteiger partial charge in [0, 0.05) is 11.8 Å². The Kier molecular flexibility index (Phi) is 3.44. The summed E-state index contributed by atoms with van der Waals surface area (Å²) in [5.41, 5.74) is 1.45. The molecule has 0 spiro atoms. The van der Waals surface area contributed by atoms with Crippen LogP contribution in [-0.2, 0) is 14.6 Å². The van der Waals surface area contributed by atoms with Crippen LogP contribution in [0.5, 0.6) is 0 Å². The SMILES string of the molecule is Cc1ccc(C(=N)OC(=N)S(C)(=O)=O)cc1. The smallest absolute Gasteiger partial charge is 0.308 e. The predicted octanol–water partition coefficient (Wildman–Crippen LogP) is 1.32. The molecule has 0 aliphatic rings. The topological polar surface area (TPSA) is 91.1 Å². The van der Waals surface area contributed by atoms with E-state index in [1.54, 1.807) is 24.3 Å². The second-order valence-electron chi connectivity index (χ2n) is 3.36. The molecule has 0 aliphatic heterocycles. The van der Waals surface area contributed by atoms with Crippen molar-refractivity contribution in [3.8, 4) is 0 Å². The molecular weight excluding hydrogens is 228 g/mol. The molecule has 0 atom stereocenters. The van der Waals surface area contributed by atoms with Crippen molar-refractivity contribution in [3.63, 3.8) is 0 Å². The van der Waals surface area contributed by atoms with Gasteiger partial charge in [-0.1, -0.05) is 17.7 Å². The molecule has 0 amide bonds. The summed E-state index contributed by atoms with van der Waals surface area (Å²) in [6, 6.07) is 6.81. The Labute approximate surface area is 94.0 Å². The van der Waals surface area contributed by atoms with Crippen molar-refractivity contribution >= 4 is 21.0 Å². The highest BCUT2D eigenvalue weighted by Gasteiger charge is 2.15. The summed E-state index contributed by atoms with van der Waals surface area (Å²) in [7, 11) is -3.69. The van der Waals surface area contributed by atoms with Crippen LogP contribution in [-0.4, -0.2) is 25.8 Å². The highest BCUT2D eigenvalue weighted by atomic mass is 32.2. The molecule has 6 heteroatoms. The minimum absolute atomic E-state index is 0.351. The maximum Gasteiger partial charge on any atom is 0.308 e. The van der Waals surface area contributed by atoms with E-state index in [4.69, 9.17) is 10.8 Å². The molecule has 1 aromatic rings. The van der Waals surface area contributed by atoms with Crippen molar-refractivity contribution < 1.29 is 13.2 Å². The summed E-state index contributed by atoms with van der Waals surface area (Å²) < 4.78 is 26.4. The van der Waals surface area contributed by atoms with Crippen molar-refractivity contribution in [3.05, 3.63) is 35.4 Å². The molecule has 1 rings (SSSR count). The molecule has 5 nitrogen and oxygen atoms in total. The zero-order valence-corrected chi connectivity index (χ0v) is 9.76. The molecule has 0 bridgehead atoms. The van der Waals surface area contributed by atoms with Crippen LogP contribution in [0.25, 0.3) is 0 Å². The fraction of sp³-hybridized carbons (Fsp3) is 0.200. The molecule has 1 aromatic carbocycles. The lowest BCUT2D eigenvalue weighted by Gasteiger charge is -2.06. The van der Waals surface area contributed by atoms with Crippen LogP contribution in [0.15, 0.2) is 24.3 Å². The van der Waals surface area contributed by atoms with Crippen LogP contribution in [0.1, 0.15) is 11.1 Å². The summed E-state index contributed by atoms with van der Waals surface area (Å²) in [6.07, 6.45) is 0.859. The zero-order valence-electron chi connectivity index (χ0n) is 8.94. The number of hydrogen-bond acceptors (Lipinski definition) is 5. The van der Waals surface area contributed by atoms with E-state index in [2.05, 4.69) is 4.74 Å². The first-order valence-electron chi connectivity index (χ1n) is 4.43. The van der Waals surface area contributed by atoms with Crippen LogP contribution >= 0.6 is 0 Å². The Morgan fingerprint density at radius 3 is 2.12 bits per heavy atom. The number of hydrogen-bond donors (Lipinski definition) is 2. The van der Waals surface area contributed by atoms with E-state index in [1.807, 2.05) is 6.92 Å². The van der Waals surface area contributed by atoms with E-state index in [0.29, 0.717) is 5.56 Å². The Morgan fingerprint density at radius 1 is 1.19 bits per heavy atom. The van der Waals surface area contributed by atoms with E-state index in [-0.39, 0.29) is 5.90 Å². The van der Waals surface area contributed by atoms with E-state index in [1.165, 1.54) is 0 Å². The van der Waals surface area contributed by atoms with Crippen molar-refractivity contribution in [1.29, 1.82) is 10.8 Å². The Hall–Kier alpha value is -1.69. The molecule has 0 saturated heterocycles. The molecule has 0 heterocycles. The molecule has 2 N–H and O–H groups in total. The lowest BCUT2D eigenvalue weighted by Crippen LogP contribution is -2.19. The van der Waals surface area contributed by atoms with Gasteiger partial charge in [-0.15, -0.1) is 0 Å². The van der Waals surface area contributed by atoms with Gasteiger partial charge in [0.05, 0.1) is 0 Å². The second-order valence-corrected chi connectivity index (χ2v) is 5.27. The van der Waals surface area contributed by atoms with Crippen LogP contribution in [0.2, 0.25) is 0 Å². The third kappa shape index (κ3) is 3.16. The van der Waals surface area contributed by atoms with Crippen LogP contribution in [0, 0.1) is 17.7 Å². The van der Waals surface area contributed by atoms with Gasteiger partial charge in [-0.3, -0.25) is 10.8 Å². The van der Waals surface area contributed by atoms with E-state index < -0.39 is 15.1 Å². The molecule has 0 saturated carbocycles. The number of rotatable bonds is 1. The summed E-state index contributed by atoms with van der Waals surface area (Å²) >= 11 is 0. The molecule has 86 valence electrons. The molecule has 0 aliphatic carbocycles. The number of aryl methyl sites for hydroxylation is 1. The summed E-state index contributed by atoms with van der Waals surface area (Å²) in [6.45, 7) is 1.90. The van der Waals surface area contributed by atoms with E-state index >= 15 is 0 Å². The maximum atomic E-state index is 10.9. The lowest BCUT2D eigenvalue weighted by atomic mass is 10.1. The fourth-order valence-corrected chi connectivity index (χ4v) is 1.17. The monoisotopic (exact) mass is 240 g/mol. The standard InChI is InChI=1S/C10H12N2O3S/c1-7-3-5-8(6-4-7)9(11)15-10(12)16(2,13)14/h3-6,11-12H,1-2H3. The van der Waals surface area contributed by atoms with Gasteiger partial charge in [0.15, 0.2) is 0 Å². The highest BCUT2D eigenvalue weighted by molar-refractivity contribution is 8.05. The molecule has 0 unspecified atom stereocenters. The third-order valence-corrected chi connectivity index (χ3v) is 2.60. The summed E-state index contributed by atoms with van der Waals surface area (Å²) in [5, 5.41) is 13.7. The summed E-state index contributed by atoms with van der Waals surface area (Å²) in [5.74, 6) is -0.351. The van der Waals surface area contributed by atoms with Gasteiger partial charge in [0.1, 0.15) is 0 Å². The lowest BCUT2D eigenvalue weighted by molar-refractivity contribution is 0.535. The Bertz CT molecular complexity index is 518. The third-order valence-electron chi connectivity index (χ3n) is 1.85. The first kappa shape index (κ1) is 12.4. The minimum atomic E-state index is -3.69. The number of ether oxygens (including phenoxy) is 1. The van der Waals surface area contributed by atoms with Crippen molar-refractivity contribution in [1.82, 2.24) is 0 Å². The minimum Gasteiger partial charge on any atom is -0.412 e. The van der Waals surface area contributed by atoms with Gasteiger partial charge < -0.3 is 4.74 Å².